The van der Waals surface area contributed by atoms with Gasteiger partial charge in [-0.05, 0) is 51.7 Å². The highest BCUT2D eigenvalue weighted by molar-refractivity contribution is 6.18. The first-order valence-electron chi connectivity index (χ1n) is 16.9. The van der Waals surface area contributed by atoms with Gasteiger partial charge in [-0.3, -0.25) is 0 Å². The summed E-state index contributed by atoms with van der Waals surface area (Å²) >= 11 is 0. The predicted molar refractivity (Wildman–Crippen MR) is 207 cm³/mol. The van der Waals surface area contributed by atoms with E-state index in [9.17, 15) is 0 Å². The summed E-state index contributed by atoms with van der Waals surface area (Å²) in [5, 5.41) is 3.50. The quantitative estimate of drug-likeness (QED) is 0.170. The Bertz CT molecular complexity index is 2560. The second-order valence-electron chi connectivity index (χ2n) is 12.4. The lowest BCUT2D eigenvalue weighted by Gasteiger charge is -2.17. The molecule has 0 aliphatic rings. The Balaban J connectivity index is 1.30. The van der Waals surface area contributed by atoms with E-state index in [1.807, 2.05) is 42.5 Å². The van der Waals surface area contributed by atoms with E-state index in [1.165, 1.54) is 16.3 Å². The number of hydrogen-bond acceptors (Lipinski definition) is 3. The minimum atomic E-state index is 0.699. The molecule has 7 aromatic carbocycles. The number of fused-ring (bicyclic) bond motifs is 3. The highest BCUT2D eigenvalue weighted by Crippen LogP contribution is 2.42. The van der Waals surface area contributed by atoms with Gasteiger partial charge in [0.25, 0.3) is 0 Å². The van der Waals surface area contributed by atoms with Crippen LogP contribution in [0.4, 0.5) is 0 Å². The van der Waals surface area contributed by atoms with Crippen LogP contribution in [0.5, 0.6) is 0 Å². The van der Waals surface area contributed by atoms with Crippen LogP contribution in [-0.2, 0) is 0 Å². The van der Waals surface area contributed by atoms with Crippen molar-refractivity contribution >= 4 is 21.7 Å². The van der Waals surface area contributed by atoms with Crippen molar-refractivity contribution < 1.29 is 0 Å². The Hall–Kier alpha value is -6.71. The van der Waals surface area contributed by atoms with Crippen LogP contribution in [0.3, 0.4) is 0 Å². The summed E-state index contributed by atoms with van der Waals surface area (Å²) in [6.45, 7) is 0. The molecule has 0 saturated heterocycles. The first kappa shape index (κ1) is 29.4. The summed E-state index contributed by atoms with van der Waals surface area (Å²) in [5.74, 6) is 0.699. The number of aromatic nitrogens is 3. The Morgan fingerprint density at radius 2 is 0.800 bits per heavy atom. The van der Waals surface area contributed by atoms with E-state index in [-0.39, 0.29) is 0 Å². The maximum Gasteiger partial charge on any atom is 0.160 e. The van der Waals surface area contributed by atoms with Crippen molar-refractivity contribution in [2.75, 3.05) is 0 Å². The zero-order chi connectivity index (χ0) is 33.3. The van der Waals surface area contributed by atoms with Crippen molar-refractivity contribution in [2.24, 2.45) is 0 Å². The Labute approximate surface area is 291 Å². The van der Waals surface area contributed by atoms with Crippen molar-refractivity contribution in [2.45, 2.75) is 0 Å². The number of pyridine rings is 1. The number of hydrogen-bond donors (Lipinski definition) is 0. The lowest BCUT2D eigenvalue weighted by atomic mass is 9.90. The highest BCUT2D eigenvalue weighted by atomic mass is 14.9. The van der Waals surface area contributed by atoms with Crippen LogP contribution in [-0.4, -0.2) is 15.0 Å². The SMILES string of the molecule is c1ccc(-c2cc(-c3cccc(-c4cc5ccccc5c5c(-c6ccccc6)cc(-c6ccccc6)nc45)c3)nc(-c3ccccc3)n2)cc1. The third-order valence-corrected chi connectivity index (χ3v) is 9.26. The fourth-order valence-electron chi connectivity index (χ4n) is 6.82. The maximum absolute atomic E-state index is 5.44. The van der Waals surface area contributed by atoms with E-state index < -0.39 is 0 Å². The molecule has 234 valence electrons. The lowest BCUT2D eigenvalue weighted by Crippen LogP contribution is -1.96. The van der Waals surface area contributed by atoms with Crippen molar-refractivity contribution in [3.8, 4) is 67.4 Å². The van der Waals surface area contributed by atoms with Crippen molar-refractivity contribution in [1.82, 2.24) is 15.0 Å². The van der Waals surface area contributed by atoms with E-state index in [4.69, 9.17) is 15.0 Å². The van der Waals surface area contributed by atoms with Crippen molar-refractivity contribution in [3.05, 3.63) is 188 Å². The van der Waals surface area contributed by atoms with Crippen LogP contribution in [0.15, 0.2) is 188 Å². The summed E-state index contributed by atoms with van der Waals surface area (Å²) in [5.41, 5.74) is 12.3. The van der Waals surface area contributed by atoms with Crippen LogP contribution in [0.25, 0.3) is 89.1 Å². The summed E-state index contributed by atoms with van der Waals surface area (Å²) in [4.78, 5) is 15.6. The highest BCUT2D eigenvalue weighted by Gasteiger charge is 2.18. The summed E-state index contributed by atoms with van der Waals surface area (Å²) in [6.07, 6.45) is 0. The molecule has 0 unspecified atom stereocenters. The average Bonchev–Trinajstić information content (AvgIpc) is 3.21. The maximum atomic E-state index is 5.44. The fourth-order valence-corrected chi connectivity index (χ4v) is 6.82. The largest absolute Gasteiger partial charge is 0.247 e. The normalized spacial score (nSPS) is 11.2. The van der Waals surface area contributed by atoms with Crippen LogP contribution in [0.1, 0.15) is 0 Å². The van der Waals surface area contributed by atoms with Gasteiger partial charge >= 0.3 is 0 Å². The molecule has 9 aromatic rings. The van der Waals surface area contributed by atoms with E-state index in [1.54, 1.807) is 0 Å². The minimum Gasteiger partial charge on any atom is -0.247 e. The first-order valence-corrected chi connectivity index (χ1v) is 16.9. The molecule has 3 nitrogen and oxygen atoms in total. The molecular weight excluding hydrogens is 607 g/mol. The van der Waals surface area contributed by atoms with Gasteiger partial charge in [0.2, 0.25) is 0 Å². The Morgan fingerprint density at radius 1 is 0.300 bits per heavy atom. The van der Waals surface area contributed by atoms with E-state index in [2.05, 4.69) is 146 Å². The van der Waals surface area contributed by atoms with Gasteiger partial charge in [-0.2, -0.15) is 0 Å². The topological polar surface area (TPSA) is 38.7 Å². The number of benzene rings is 7. The molecule has 0 aliphatic heterocycles. The molecule has 0 saturated carbocycles. The van der Waals surface area contributed by atoms with Gasteiger partial charge in [0.15, 0.2) is 5.82 Å². The number of nitrogens with zero attached hydrogens (tertiary/aromatic N) is 3. The van der Waals surface area contributed by atoms with Gasteiger partial charge in [0.1, 0.15) is 0 Å². The zero-order valence-electron chi connectivity index (χ0n) is 27.2. The first-order chi connectivity index (χ1) is 24.8. The second-order valence-corrected chi connectivity index (χ2v) is 12.4. The monoisotopic (exact) mass is 637 g/mol. The summed E-state index contributed by atoms with van der Waals surface area (Å²) in [6, 6.07) is 65.6. The lowest BCUT2D eigenvalue weighted by molar-refractivity contribution is 1.18. The third-order valence-electron chi connectivity index (χ3n) is 9.26. The van der Waals surface area contributed by atoms with Gasteiger partial charge in [0, 0.05) is 33.2 Å². The van der Waals surface area contributed by atoms with Crippen molar-refractivity contribution in [3.63, 3.8) is 0 Å². The van der Waals surface area contributed by atoms with Gasteiger partial charge in [-0.25, -0.2) is 15.0 Å². The van der Waals surface area contributed by atoms with Crippen LogP contribution < -0.4 is 0 Å². The average molecular weight is 638 g/mol. The molecule has 0 radical (unpaired) electrons. The van der Waals surface area contributed by atoms with E-state index in [0.717, 1.165) is 66.9 Å². The Kier molecular flexibility index (Phi) is 7.49. The van der Waals surface area contributed by atoms with Crippen LogP contribution >= 0.6 is 0 Å². The van der Waals surface area contributed by atoms with Crippen LogP contribution in [0.2, 0.25) is 0 Å². The van der Waals surface area contributed by atoms with Gasteiger partial charge in [-0.1, -0.05) is 164 Å². The molecule has 3 heteroatoms. The molecule has 9 rings (SSSR count). The Morgan fingerprint density at radius 3 is 1.46 bits per heavy atom. The van der Waals surface area contributed by atoms with E-state index >= 15 is 0 Å². The summed E-state index contributed by atoms with van der Waals surface area (Å²) in [7, 11) is 0. The molecule has 0 aliphatic carbocycles. The van der Waals surface area contributed by atoms with Gasteiger partial charge in [0.05, 0.1) is 22.6 Å². The molecule has 0 amide bonds. The third kappa shape index (κ3) is 5.51. The van der Waals surface area contributed by atoms with E-state index in [0.29, 0.717) is 5.82 Å². The fraction of sp³-hybridized carbons (Fsp3) is 0. The predicted octanol–water partition coefficient (Wildman–Crippen LogP) is 12.2. The zero-order valence-corrected chi connectivity index (χ0v) is 27.2. The second kappa shape index (κ2) is 12.7. The van der Waals surface area contributed by atoms with Crippen LogP contribution in [0, 0.1) is 0 Å². The molecule has 0 bridgehead atoms. The molecule has 2 aromatic heterocycles. The molecule has 0 spiro atoms. The standard InChI is InChI=1S/C47H31N3/c1-5-16-32(17-6-1)40-30-42(33-18-7-2-8-19-33)48-46-41(29-37-24-13-14-27-39(37)45(40)46)36-25-15-26-38(28-36)44-31-43(34-20-9-3-10-21-34)49-47(50-44)35-22-11-4-12-23-35/h1-31H. The van der Waals surface area contributed by atoms with Gasteiger partial charge in [-0.15, -0.1) is 0 Å². The molecule has 0 N–H and O–H groups in total. The summed E-state index contributed by atoms with van der Waals surface area (Å²) < 4.78 is 0. The minimum absolute atomic E-state index is 0.699. The number of rotatable bonds is 6. The van der Waals surface area contributed by atoms with Crippen molar-refractivity contribution in [1.29, 1.82) is 0 Å². The molecule has 50 heavy (non-hydrogen) atoms. The smallest absolute Gasteiger partial charge is 0.160 e. The van der Waals surface area contributed by atoms with Gasteiger partial charge < -0.3 is 0 Å². The molecule has 0 atom stereocenters. The molecule has 2 heterocycles. The molecule has 0 fully saturated rings. The molecular formula is C47H31N3.